The lowest BCUT2D eigenvalue weighted by Gasteiger charge is -2.22. The van der Waals surface area contributed by atoms with Crippen molar-refractivity contribution in [1.29, 1.82) is 0 Å². The number of H-pyrrole nitrogens is 1. The molecule has 0 aliphatic heterocycles. The van der Waals surface area contributed by atoms with E-state index >= 15 is 0 Å². The second-order valence-corrected chi connectivity index (χ2v) is 4.86. The van der Waals surface area contributed by atoms with E-state index in [2.05, 4.69) is 24.0 Å². The third-order valence-electron chi connectivity index (χ3n) is 3.40. The molecule has 0 atom stereocenters. The van der Waals surface area contributed by atoms with E-state index in [1.165, 1.54) is 0 Å². The Morgan fingerprint density at radius 1 is 1.26 bits per heavy atom. The van der Waals surface area contributed by atoms with Crippen LogP contribution >= 0.6 is 0 Å². The number of carbonyl (C=O) groups is 1. The first kappa shape index (κ1) is 13.6. The second-order valence-electron chi connectivity index (χ2n) is 4.86. The van der Waals surface area contributed by atoms with E-state index in [1.807, 2.05) is 24.0 Å². The van der Waals surface area contributed by atoms with Crippen molar-refractivity contribution in [2.24, 2.45) is 0 Å². The average Bonchev–Trinajstić information content (AvgIpc) is 2.87. The molecule has 1 aromatic carbocycles. The molecule has 0 bridgehead atoms. The van der Waals surface area contributed by atoms with Crippen LogP contribution in [0.1, 0.15) is 42.6 Å². The van der Waals surface area contributed by atoms with Gasteiger partial charge >= 0.3 is 0 Å². The van der Waals surface area contributed by atoms with Crippen LogP contribution in [0.15, 0.2) is 18.3 Å². The summed E-state index contributed by atoms with van der Waals surface area (Å²) in [5, 5.41) is 7.99. The van der Waals surface area contributed by atoms with Crippen LogP contribution < -0.4 is 0 Å². The standard InChI is InChI=1S/C15H21N3O/c1-4-8-18(9-5-2)15(19)12-6-7-14-13(11(12)3)10-16-17-14/h6-7,10H,4-5,8-9H2,1-3H3,(H,16,17). The van der Waals surface area contributed by atoms with Gasteiger partial charge in [0.15, 0.2) is 0 Å². The fourth-order valence-electron chi connectivity index (χ4n) is 2.42. The minimum Gasteiger partial charge on any atom is -0.339 e. The van der Waals surface area contributed by atoms with Crippen molar-refractivity contribution in [2.75, 3.05) is 13.1 Å². The maximum Gasteiger partial charge on any atom is 0.254 e. The quantitative estimate of drug-likeness (QED) is 0.896. The predicted molar refractivity (Wildman–Crippen MR) is 77.3 cm³/mol. The SMILES string of the molecule is CCCN(CCC)C(=O)c1ccc2[nH]ncc2c1C. The number of benzene rings is 1. The summed E-state index contributed by atoms with van der Waals surface area (Å²) >= 11 is 0. The summed E-state index contributed by atoms with van der Waals surface area (Å²) in [4.78, 5) is 14.5. The molecule has 0 saturated carbocycles. The highest BCUT2D eigenvalue weighted by molar-refractivity contribution is 6.00. The fraction of sp³-hybridized carbons (Fsp3) is 0.467. The first-order valence-electron chi connectivity index (χ1n) is 6.91. The summed E-state index contributed by atoms with van der Waals surface area (Å²) < 4.78 is 0. The summed E-state index contributed by atoms with van der Waals surface area (Å²) in [7, 11) is 0. The number of nitrogens with one attached hydrogen (secondary N) is 1. The number of aryl methyl sites for hydroxylation is 1. The largest absolute Gasteiger partial charge is 0.339 e. The Morgan fingerprint density at radius 3 is 2.58 bits per heavy atom. The number of hydrogen-bond donors (Lipinski definition) is 1. The van der Waals surface area contributed by atoms with E-state index in [-0.39, 0.29) is 5.91 Å². The molecule has 4 heteroatoms. The van der Waals surface area contributed by atoms with Crippen molar-refractivity contribution in [3.05, 3.63) is 29.5 Å². The molecule has 0 aliphatic rings. The first-order chi connectivity index (χ1) is 9.19. The zero-order valence-electron chi connectivity index (χ0n) is 11.9. The molecule has 102 valence electrons. The third kappa shape index (κ3) is 2.62. The average molecular weight is 259 g/mol. The number of rotatable bonds is 5. The molecule has 0 saturated heterocycles. The van der Waals surface area contributed by atoms with E-state index in [9.17, 15) is 4.79 Å². The molecule has 0 unspecified atom stereocenters. The van der Waals surface area contributed by atoms with Crippen LogP contribution in [0, 0.1) is 6.92 Å². The second kappa shape index (κ2) is 5.87. The number of carbonyl (C=O) groups excluding carboxylic acids is 1. The molecule has 4 nitrogen and oxygen atoms in total. The Bertz CT molecular complexity index is 568. The van der Waals surface area contributed by atoms with Gasteiger partial charge in [-0.25, -0.2) is 0 Å². The minimum absolute atomic E-state index is 0.129. The minimum atomic E-state index is 0.129. The van der Waals surface area contributed by atoms with E-state index in [0.29, 0.717) is 0 Å². The Kier molecular flexibility index (Phi) is 4.20. The van der Waals surface area contributed by atoms with Gasteiger partial charge in [0.2, 0.25) is 0 Å². The van der Waals surface area contributed by atoms with E-state index in [1.54, 1.807) is 6.20 Å². The third-order valence-corrected chi connectivity index (χ3v) is 3.40. The van der Waals surface area contributed by atoms with Gasteiger partial charge in [0, 0.05) is 24.0 Å². The number of fused-ring (bicyclic) bond motifs is 1. The molecule has 2 rings (SSSR count). The lowest BCUT2D eigenvalue weighted by Crippen LogP contribution is -2.32. The molecule has 0 aliphatic carbocycles. The van der Waals surface area contributed by atoms with Gasteiger partial charge < -0.3 is 4.90 Å². The summed E-state index contributed by atoms with van der Waals surface area (Å²) in [5.74, 6) is 0.129. The van der Waals surface area contributed by atoms with Gasteiger partial charge in [-0.1, -0.05) is 13.8 Å². The van der Waals surface area contributed by atoms with Crippen LogP contribution in [-0.2, 0) is 0 Å². The molecule has 0 spiro atoms. The van der Waals surface area contributed by atoms with Crippen LogP contribution in [0.2, 0.25) is 0 Å². The lowest BCUT2D eigenvalue weighted by molar-refractivity contribution is 0.0755. The van der Waals surface area contributed by atoms with Crippen molar-refractivity contribution in [3.8, 4) is 0 Å². The van der Waals surface area contributed by atoms with Gasteiger partial charge in [0.25, 0.3) is 5.91 Å². The van der Waals surface area contributed by atoms with Crippen LogP contribution in [0.5, 0.6) is 0 Å². The molecule has 1 heterocycles. The normalized spacial score (nSPS) is 10.9. The van der Waals surface area contributed by atoms with E-state index < -0.39 is 0 Å². The van der Waals surface area contributed by atoms with Crippen LogP contribution in [0.25, 0.3) is 10.9 Å². The number of hydrogen-bond acceptors (Lipinski definition) is 2. The first-order valence-corrected chi connectivity index (χ1v) is 6.91. The summed E-state index contributed by atoms with van der Waals surface area (Å²) in [5.41, 5.74) is 2.77. The van der Waals surface area contributed by atoms with Crippen LogP contribution in [-0.4, -0.2) is 34.1 Å². The Balaban J connectivity index is 2.36. The number of nitrogens with zero attached hydrogens (tertiary/aromatic N) is 2. The predicted octanol–water partition coefficient (Wildman–Crippen LogP) is 3.13. The molecule has 1 aromatic heterocycles. The Morgan fingerprint density at radius 2 is 1.95 bits per heavy atom. The Hall–Kier alpha value is -1.84. The highest BCUT2D eigenvalue weighted by Crippen LogP contribution is 2.21. The van der Waals surface area contributed by atoms with Gasteiger partial charge in [-0.15, -0.1) is 0 Å². The van der Waals surface area contributed by atoms with E-state index in [4.69, 9.17) is 0 Å². The maximum absolute atomic E-state index is 12.6. The highest BCUT2D eigenvalue weighted by atomic mass is 16.2. The molecular formula is C15H21N3O. The number of amides is 1. The molecule has 1 N–H and O–H groups in total. The summed E-state index contributed by atoms with van der Waals surface area (Å²) in [6.45, 7) is 7.82. The van der Waals surface area contributed by atoms with Gasteiger partial charge in [-0.2, -0.15) is 5.10 Å². The smallest absolute Gasteiger partial charge is 0.254 e. The molecule has 2 aromatic rings. The van der Waals surface area contributed by atoms with Crippen molar-refractivity contribution in [2.45, 2.75) is 33.6 Å². The number of aromatic amines is 1. The van der Waals surface area contributed by atoms with E-state index in [0.717, 1.165) is 48.0 Å². The molecule has 0 radical (unpaired) electrons. The van der Waals surface area contributed by atoms with Gasteiger partial charge in [-0.3, -0.25) is 9.89 Å². The molecule has 1 amide bonds. The van der Waals surface area contributed by atoms with Crippen LogP contribution in [0.3, 0.4) is 0 Å². The Labute approximate surface area is 113 Å². The molecule has 19 heavy (non-hydrogen) atoms. The highest BCUT2D eigenvalue weighted by Gasteiger charge is 2.17. The van der Waals surface area contributed by atoms with Crippen molar-refractivity contribution >= 4 is 16.8 Å². The fourth-order valence-corrected chi connectivity index (χ4v) is 2.42. The van der Waals surface area contributed by atoms with Crippen molar-refractivity contribution in [3.63, 3.8) is 0 Å². The van der Waals surface area contributed by atoms with Gasteiger partial charge in [0.05, 0.1) is 11.7 Å². The van der Waals surface area contributed by atoms with Crippen LogP contribution in [0.4, 0.5) is 0 Å². The number of aromatic nitrogens is 2. The van der Waals surface area contributed by atoms with Gasteiger partial charge in [0.1, 0.15) is 0 Å². The summed E-state index contributed by atoms with van der Waals surface area (Å²) in [6, 6.07) is 3.83. The zero-order valence-corrected chi connectivity index (χ0v) is 11.9. The monoisotopic (exact) mass is 259 g/mol. The topological polar surface area (TPSA) is 49.0 Å². The van der Waals surface area contributed by atoms with Crippen molar-refractivity contribution in [1.82, 2.24) is 15.1 Å². The maximum atomic E-state index is 12.6. The van der Waals surface area contributed by atoms with Gasteiger partial charge in [-0.05, 0) is 37.5 Å². The lowest BCUT2D eigenvalue weighted by atomic mass is 10.0. The molecule has 0 fully saturated rings. The zero-order chi connectivity index (χ0) is 13.8. The summed E-state index contributed by atoms with van der Waals surface area (Å²) in [6.07, 6.45) is 3.75. The van der Waals surface area contributed by atoms with Crippen molar-refractivity contribution < 1.29 is 4.79 Å². The molecular weight excluding hydrogens is 238 g/mol.